The Bertz CT molecular complexity index is 3150. The standard InChI is InChI=1S/C74H114ClF3N12O12/c1-12-48(4)63-70(100)84(7)45-61(93)82(5)46-62(94)86(9)57(42-49-25-16-13-17-26-49)68(98)83(6)44-59(91)79-54(34-32-50-31-33-52(53(75)41-50)74(76,77)78)67(97)90-40-24-29-56(90)66(96)81-73(36-20-21-37-73)72(102)88(11)64(51-27-18-14-19-28-51)71(101)87(10)58(69(99)89-38-22-15-23-39-89)43-60(92)85(8)55(65(95)80-63)35-30-47(2)3/h31,33,41,47-49,51,54-58,63-64H,12-30,32,34-40,42-46H2,1-11H3,(H,79,91)(H,80,95)(H,81,96)/t48-,54-,55-,56-,57-,58-,63-,64-/m0/s1. The van der Waals surface area contributed by atoms with Gasteiger partial charge < -0.3 is 60.0 Å². The average molecular weight is 1460 g/mol. The molecule has 3 heterocycles. The summed E-state index contributed by atoms with van der Waals surface area (Å²) in [6.45, 7) is 6.67. The maximum absolute atomic E-state index is 15.9. The molecule has 0 unspecified atom stereocenters. The van der Waals surface area contributed by atoms with E-state index in [1.54, 1.807) is 11.8 Å². The highest BCUT2D eigenvalue weighted by Gasteiger charge is 2.51. The van der Waals surface area contributed by atoms with Crippen LogP contribution in [0, 0.1) is 23.7 Å². The van der Waals surface area contributed by atoms with Crippen molar-refractivity contribution in [2.75, 3.05) is 88.6 Å². The Balaban J connectivity index is 1.29. The predicted octanol–water partition coefficient (Wildman–Crippen LogP) is 6.81. The number of likely N-dealkylation sites (N-methyl/N-ethyl adjacent to an activating group) is 7. The smallest absolute Gasteiger partial charge is 0.343 e. The highest BCUT2D eigenvalue weighted by molar-refractivity contribution is 6.31. The van der Waals surface area contributed by atoms with Crippen LogP contribution in [0.5, 0.6) is 0 Å². The molecule has 3 saturated carbocycles. The van der Waals surface area contributed by atoms with Gasteiger partial charge in [0.2, 0.25) is 70.9 Å². The van der Waals surface area contributed by atoms with E-state index in [4.69, 9.17) is 11.6 Å². The van der Waals surface area contributed by atoms with E-state index >= 15 is 28.8 Å². The van der Waals surface area contributed by atoms with Crippen molar-refractivity contribution in [2.24, 2.45) is 23.7 Å². The summed E-state index contributed by atoms with van der Waals surface area (Å²) in [6, 6.07) is -5.50. The van der Waals surface area contributed by atoms with Crippen LogP contribution < -0.4 is 16.0 Å². The summed E-state index contributed by atoms with van der Waals surface area (Å²) in [4.78, 5) is 192. The van der Waals surface area contributed by atoms with Gasteiger partial charge in [0.1, 0.15) is 47.8 Å². The summed E-state index contributed by atoms with van der Waals surface area (Å²) >= 11 is 6.17. The van der Waals surface area contributed by atoms with Crippen LogP contribution in [-0.2, 0) is 70.1 Å². The van der Waals surface area contributed by atoms with Crippen LogP contribution in [0.2, 0.25) is 5.02 Å². The molecule has 24 nitrogen and oxygen atoms in total. The van der Waals surface area contributed by atoms with Crippen molar-refractivity contribution in [3.05, 3.63) is 34.3 Å². The number of likely N-dealkylation sites (tertiary alicyclic amines) is 1. The van der Waals surface area contributed by atoms with Crippen LogP contribution in [0.4, 0.5) is 13.2 Å². The van der Waals surface area contributed by atoms with E-state index < -0.39 is 173 Å². The second-order valence-electron chi connectivity index (χ2n) is 30.5. The molecule has 28 heteroatoms. The third-order valence-corrected chi connectivity index (χ3v) is 23.0. The molecule has 6 fully saturated rings. The van der Waals surface area contributed by atoms with Crippen LogP contribution in [0.1, 0.15) is 199 Å². The van der Waals surface area contributed by atoms with Crippen molar-refractivity contribution in [1.82, 2.24) is 60.0 Å². The zero-order valence-corrected chi connectivity index (χ0v) is 62.9. The number of nitrogens with one attached hydrogen (secondary N) is 3. The van der Waals surface area contributed by atoms with E-state index in [2.05, 4.69) is 16.0 Å². The topological polar surface area (TPSA) is 270 Å². The molecule has 1 aromatic rings. The Kier molecular flexibility index (Phi) is 29.9. The van der Waals surface area contributed by atoms with E-state index in [-0.39, 0.29) is 63.3 Å². The molecule has 12 amide bonds. The molecular weight excluding hydrogens is 1340 g/mol. The Morgan fingerprint density at radius 3 is 1.81 bits per heavy atom. The van der Waals surface area contributed by atoms with Crippen molar-refractivity contribution in [1.29, 1.82) is 0 Å². The second kappa shape index (κ2) is 37.1. The van der Waals surface area contributed by atoms with Gasteiger partial charge in [-0.3, -0.25) is 57.5 Å². The number of aryl methyl sites for hydroxylation is 1. The van der Waals surface area contributed by atoms with Gasteiger partial charge in [0.05, 0.1) is 36.6 Å². The fraction of sp³-hybridized carbons (Fsp3) is 0.757. The normalized spacial score (nSPS) is 26.6. The van der Waals surface area contributed by atoms with E-state index in [9.17, 15) is 41.9 Å². The maximum Gasteiger partial charge on any atom is 0.417 e. The van der Waals surface area contributed by atoms with Crippen LogP contribution >= 0.6 is 11.6 Å². The molecule has 6 aliphatic rings. The van der Waals surface area contributed by atoms with Crippen LogP contribution in [0.25, 0.3) is 0 Å². The van der Waals surface area contributed by atoms with Gasteiger partial charge in [-0.15, -0.1) is 0 Å². The van der Waals surface area contributed by atoms with Crippen molar-refractivity contribution < 1.29 is 70.7 Å². The lowest BCUT2D eigenvalue weighted by Crippen LogP contribution is -2.65. The average Bonchev–Trinajstić information content (AvgIpc) is 1.45. The summed E-state index contributed by atoms with van der Waals surface area (Å²) < 4.78 is 41.7. The first kappa shape index (κ1) is 82.2. The van der Waals surface area contributed by atoms with Gasteiger partial charge in [-0.2, -0.15) is 13.2 Å². The number of piperidine rings is 1. The number of hydrogen-bond donors (Lipinski definition) is 3. The summed E-state index contributed by atoms with van der Waals surface area (Å²) in [7, 11) is 10.1. The molecule has 1 spiro atoms. The first-order valence-corrected chi connectivity index (χ1v) is 37.7. The Morgan fingerprint density at radius 2 is 1.21 bits per heavy atom. The summed E-state index contributed by atoms with van der Waals surface area (Å²) in [5.74, 6) is -8.40. The van der Waals surface area contributed by atoms with Crippen LogP contribution in [0.15, 0.2) is 18.2 Å². The van der Waals surface area contributed by atoms with Gasteiger partial charge in [-0.05, 0) is 131 Å². The van der Waals surface area contributed by atoms with Crippen LogP contribution in [0.3, 0.4) is 0 Å². The van der Waals surface area contributed by atoms with Crippen LogP contribution in [-0.4, -0.2) is 251 Å². The largest absolute Gasteiger partial charge is 0.417 e. The maximum atomic E-state index is 15.9. The third kappa shape index (κ3) is 20.9. The summed E-state index contributed by atoms with van der Waals surface area (Å²) in [6.07, 6.45) is 7.64. The molecule has 3 saturated heterocycles. The molecule has 1 aromatic carbocycles. The lowest BCUT2D eigenvalue weighted by Gasteiger charge is -2.43. The minimum atomic E-state index is -4.76. The third-order valence-electron chi connectivity index (χ3n) is 22.7. The number of carbonyl (C=O) groups excluding carboxylic acids is 12. The number of hydrogen-bond acceptors (Lipinski definition) is 12. The molecule has 0 aromatic heterocycles. The van der Waals surface area contributed by atoms with Gasteiger partial charge in [0.25, 0.3) is 0 Å². The molecular formula is C74H114ClF3N12O12. The lowest BCUT2D eigenvalue weighted by atomic mass is 9.81. The van der Waals surface area contributed by atoms with Gasteiger partial charge >= 0.3 is 6.18 Å². The molecule has 7 rings (SSSR count). The molecule has 3 N–H and O–H groups in total. The Morgan fingerprint density at radius 1 is 0.608 bits per heavy atom. The first-order valence-electron chi connectivity index (χ1n) is 37.4. The van der Waals surface area contributed by atoms with E-state index in [1.165, 1.54) is 79.9 Å². The van der Waals surface area contributed by atoms with Gasteiger partial charge in [-0.25, -0.2) is 0 Å². The number of amides is 12. The van der Waals surface area contributed by atoms with Crippen molar-refractivity contribution in [3.63, 3.8) is 0 Å². The molecule has 570 valence electrons. The van der Waals surface area contributed by atoms with E-state index in [0.29, 0.717) is 76.4 Å². The molecule has 0 bridgehead atoms. The second-order valence-corrected chi connectivity index (χ2v) is 30.9. The SMILES string of the molecule is CC[C@H](C)[C@@H]1NC(=O)[C@H](CCC(C)C)N(C)C(=O)C[C@@H](C(=O)N2CCCCC2)N(C)C(=O)[C@H](C2CCCCC2)N(C)C(=O)C2(CCCC2)NC(=O)[C@@H]2CCCN2C(=O)[C@H](CCc2ccc(C(F)(F)F)c(Cl)c2)NC(=O)CN(C)C(=O)[C@H](CC2CCCCC2)N(C)C(=O)CN(C)C(=O)CN(C)C1=O. The minimum absolute atomic E-state index is 0.0197. The Hall–Kier alpha value is -7.06. The highest BCUT2D eigenvalue weighted by Crippen LogP contribution is 2.39. The monoisotopic (exact) mass is 1450 g/mol. The lowest BCUT2D eigenvalue weighted by molar-refractivity contribution is -0.157. The van der Waals surface area contributed by atoms with E-state index in [1.807, 2.05) is 20.8 Å². The number of alkyl halides is 3. The number of halogens is 4. The molecule has 0 radical (unpaired) electrons. The quantitative estimate of drug-likeness (QED) is 0.195. The summed E-state index contributed by atoms with van der Waals surface area (Å²) in [5.41, 5.74) is -2.33. The first-order chi connectivity index (χ1) is 48.2. The van der Waals surface area contributed by atoms with Gasteiger partial charge in [0, 0.05) is 69.0 Å². The number of fused-ring (bicyclic) bond motifs is 1. The zero-order chi connectivity index (χ0) is 75.1. The van der Waals surface area contributed by atoms with Crippen molar-refractivity contribution in [2.45, 2.75) is 249 Å². The fourth-order valence-electron chi connectivity index (χ4n) is 16.0. The van der Waals surface area contributed by atoms with Crippen molar-refractivity contribution in [3.8, 4) is 0 Å². The zero-order valence-electron chi connectivity index (χ0n) is 62.1. The summed E-state index contributed by atoms with van der Waals surface area (Å²) in [5, 5.41) is 8.22. The molecule has 8 atom stereocenters. The molecule has 3 aliphatic carbocycles. The van der Waals surface area contributed by atoms with Gasteiger partial charge in [0.15, 0.2) is 0 Å². The van der Waals surface area contributed by atoms with Crippen molar-refractivity contribution >= 4 is 82.5 Å². The fourth-order valence-corrected chi connectivity index (χ4v) is 16.3. The molecule has 102 heavy (non-hydrogen) atoms. The number of rotatable bonds is 12. The predicted molar refractivity (Wildman–Crippen MR) is 378 cm³/mol. The highest BCUT2D eigenvalue weighted by atomic mass is 35.5. The van der Waals surface area contributed by atoms with E-state index in [0.717, 1.165) is 84.6 Å². The Labute approximate surface area is 605 Å². The molecule has 3 aliphatic heterocycles. The van der Waals surface area contributed by atoms with Gasteiger partial charge in [-0.1, -0.05) is 116 Å². The number of nitrogens with zero attached hydrogens (tertiary/aromatic N) is 9. The number of benzene rings is 1. The minimum Gasteiger partial charge on any atom is -0.343 e. The number of carbonyl (C=O) groups is 12.